The molecule has 5 aromatic rings. The molecule has 0 amide bonds. The van der Waals surface area contributed by atoms with E-state index >= 15 is 0 Å². The number of hydrogen-bond donors (Lipinski definition) is 2. The third-order valence-corrected chi connectivity index (χ3v) is 4.59. The van der Waals surface area contributed by atoms with E-state index in [1.165, 1.54) is 36.4 Å². The van der Waals surface area contributed by atoms with E-state index in [0.29, 0.717) is 0 Å². The van der Waals surface area contributed by atoms with E-state index in [-0.39, 0.29) is 39.7 Å². The Morgan fingerprint density at radius 2 is 0.943 bits per heavy atom. The minimum atomic E-state index is -1.36. The molecule has 2 N–H and O–H groups in total. The number of carboxylic acids is 2. The van der Waals surface area contributed by atoms with E-state index in [1.54, 1.807) is 24.5 Å². The molecule has 1 radical (unpaired) electrons. The number of carbonyl (C=O) groups is 2. The predicted molar refractivity (Wildman–Crippen MR) is 122 cm³/mol. The van der Waals surface area contributed by atoms with Gasteiger partial charge >= 0.3 is 17.1 Å². The van der Waals surface area contributed by atoms with Crippen LogP contribution in [0.5, 0.6) is 11.5 Å². The Bertz CT molecular complexity index is 1350. The third kappa shape index (κ3) is 7.01. The molecule has 0 saturated heterocycles. The molecule has 0 aliphatic rings. The largest absolute Gasteiger partial charge is 2.00 e. The van der Waals surface area contributed by atoms with Crippen LogP contribution >= 0.6 is 0 Å². The second-order valence-corrected chi connectivity index (χ2v) is 6.83. The first-order valence-corrected chi connectivity index (χ1v) is 9.95. The number of aromatic hydroxyl groups is 2. The van der Waals surface area contributed by atoms with Gasteiger partial charge < -0.3 is 30.0 Å². The van der Waals surface area contributed by atoms with Gasteiger partial charge in [-0.25, -0.2) is 0 Å². The number of nitrogens with zero attached hydrogens (tertiary/aromatic N) is 2. The van der Waals surface area contributed by atoms with Crippen LogP contribution in [0.25, 0.3) is 21.8 Å². The molecule has 8 nitrogen and oxygen atoms in total. The van der Waals surface area contributed by atoms with Gasteiger partial charge in [0.05, 0.1) is 23.0 Å². The number of hydrogen-bond acceptors (Lipinski definition) is 8. The van der Waals surface area contributed by atoms with Crippen molar-refractivity contribution in [2.75, 3.05) is 0 Å². The number of pyridine rings is 2. The molecule has 0 atom stereocenters. The van der Waals surface area contributed by atoms with Gasteiger partial charge in [0.15, 0.2) is 0 Å². The summed E-state index contributed by atoms with van der Waals surface area (Å²) in [7, 11) is 0. The summed E-state index contributed by atoms with van der Waals surface area (Å²) in [6.45, 7) is 0. The maximum absolute atomic E-state index is 10.2. The number of benzene rings is 3. The molecular formula is C26H18CuN2O6. The molecule has 9 heteroatoms. The molecule has 35 heavy (non-hydrogen) atoms. The van der Waals surface area contributed by atoms with Gasteiger partial charge in [0.25, 0.3) is 0 Å². The molecule has 0 aliphatic carbocycles. The van der Waals surface area contributed by atoms with Crippen molar-refractivity contribution in [2.45, 2.75) is 0 Å². The summed E-state index contributed by atoms with van der Waals surface area (Å²) in [5, 5.41) is 40.3. The fourth-order valence-corrected chi connectivity index (χ4v) is 2.97. The third-order valence-electron chi connectivity index (χ3n) is 4.59. The van der Waals surface area contributed by atoms with Crippen LogP contribution in [0.3, 0.4) is 0 Å². The molecule has 0 bridgehead atoms. The fraction of sp³-hybridized carbons (Fsp3) is 0. The van der Waals surface area contributed by atoms with Gasteiger partial charge in [0.2, 0.25) is 0 Å². The molecular weight excluding hydrogens is 500 g/mol. The van der Waals surface area contributed by atoms with Crippen LogP contribution in [0, 0.1) is 0 Å². The molecule has 0 spiro atoms. The predicted octanol–water partition coefficient (Wildman–Crippen LogP) is 2.29. The van der Waals surface area contributed by atoms with Crippen LogP contribution in [0.2, 0.25) is 0 Å². The minimum absolute atomic E-state index is 0. The zero-order valence-corrected chi connectivity index (χ0v) is 18.9. The number of carbonyl (C=O) groups excluding carboxylic acids is 2. The second-order valence-electron chi connectivity index (χ2n) is 6.83. The summed E-state index contributed by atoms with van der Waals surface area (Å²) in [6, 6.07) is 23.4. The molecule has 0 fully saturated rings. The van der Waals surface area contributed by atoms with Crippen LogP contribution in [-0.4, -0.2) is 32.1 Å². The monoisotopic (exact) mass is 517 g/mol. The average Bonchev–Trinajstić information content (AvgIpc) is 2.85. The Hall–Kier alpha value is -4.46. The molecule has 179 valence electrons. The Morgan fingerprint density at radius 3 is 1.26 bits per heavy atom. The molecule has 0 unspecified atom stereocenters. The van der Waals surface area contributed by atoms with Crippen molar-refractivity contribution in [1.29, 1.82) is 0 Å². The summed E-state index contributed by atoms with van der Waals surface area (Å²) in [5.74, 6) is -3.25. The normalized spacial score (nSPS) is 9.60. The Labute approximate surface area is 210 Å². The summed E-state index contributed by atoms with van der Waals surface area (Å²) >= 11 is 0. The van der Waals surface area contributed by atoms with Crippen LogP contribution in [0.15, 0.2) is 97.3 Å². The van der Waals surface area contributed by atoms with Crippen molar-refractivity contribution >= 4 is 33.7 Å². The van der Waals surface area contributed by atoms with Crippen molar-refractivity contribution in [1.82, 2.24) is 9.97 Å². The minimum Gasteiger partial charge on any atom is -0.545 e. The zero-order valence-electron chi connectivity index (χ0n) is 18.0. The summed E-state index contributed by atoms with van der Waals surface area (Å²) < 4.78 is 0. The van der Waals surface area contributed by atoms with Crippen molar-refractivity contribution < 1.29 is 47.1 Å². The number of aromatic nitrogens is 2. The average molecular weight is 518 g/mol. The van der Waals surface area contributed by atoms with E-state index in [0.717, 1.165) is 21.8 Å². The maximum atomic E-state index is 10.2. The summed E-state index contributed by atoms with van der Waals surface area (Å²) in [4.78, 5) is 29.0. The number of phenols is 2. The molecule has 2 aromatic heterocycles. The van der Waals surface area contributed by atoms with Crippen LogP contribution in [0.4, 0.5) is 0 Å². The standard InChI is InChI=1S/C12H8N2.2C7H6O3.Cu/c1-3-9-5-6-10-4-2-8-14-12(10)11(9)13-7-1;2*8-6-4-2-1-3-5(6)7(9)10;/h1-8H;2*1-4,8H,(H,9,10);/q;;;+2/p-2. The summed E-state index contributed by atoms with van der Waals surface area (Å²) in [6.07, 6.45) is 3.60. The Morgan fingerprint density at radius 1 is 0.571 bits per heavy atom. The van der Waals surface area contributed by atoms with E-state index < -0.39 is 11.9 Å². The molecule has 5 rings (SSSR count). The van der Waals surface area contributed by atoms with E-state index in [2.05, 4.69) is 34.2 Å². The molecule has 3 aromatic carbocycles. The smallest absolute Gasteiger partial charge is 0.545 e. The first-order valence-electron chi connectivity index (χ1n) is 9.95. The first kappa shape index (κ1) is 26.8. The number of para-hydroxylation sites is 2. The molecule has 0 aliphatic heterocycles. The van der Waals surface area contributed by atoms with Crippen molar-refractivity contribution in [3.05, 3.63) is 108 Å². The van der Waals surface area contributed by atoms with Gasteiger partial charge in [0, 0.05) is 34.3 Å². The second kappa shape index (κ2) is 12.7. The van der Waals surface area contributed by atoms with Crippen molar-refractivity contribution in [2.24, 2.45) is 0 Å². The Kier molecular flexibility index (Phi) is 9.71. The van der Waals surface area contributed by atoms with E-state index in [9.17, 15) is 19.8 Å². The first-order chi connectivity index (χ1) is 16.4. The van der Waals surface area contributed by atoms with Crippen molar-refractivity contribution in [3.8, 4) is 11.5 Å². The van der Waals surface area contributed by atoms with E-state index in [1.807, 2.05) is 12.1 Å². The number of carboxylic acid groups (broad SMARTS) is 2. The van der Waals surface area contributed by atoms with Gasteiger partial charge in [-0.05, 0) is 36.4 Å². The van der Waals surface area contributed by atoms with Gasteiger partial charge in [0.1, 0.15) is 11.5 Å². The van der Waals surface area contributed by atoms with Crippen molar-refractivity contribution in [3.63, 3.8) is 0 Å². The van der Waals surface area contributed by atoms with E-state index in [4.69, 9.17) is 10.2 Å². The van der Waals surface area contributed by atoms with Crippen LogP contribution < -0.4 is 10.2 Å². The van der Waals surface area contributed by atoms with Crippen LogP contribution in [0.1, 0.15) is 20.7 Å². The topological polar surface area (TPSA) is 146 Å². The number of rotatable bonds is 2. The zero-order chi connectivity index (χ0) is 24.5. The maximum Gasteiger partial charge on any atom is 2.00 e. The fourth-order valence-electron chi connectivity index (χ4n) is 2.97. The SMILES string of the molecule is O=C([O-])c1ccccc1O.O=C([O-])c1ccccc1O.[Cu+2].c1cnc2c(c1)ccc1cccnc12. The quantitative estimate of drug-likeness (QED) is 0.268. The summed E-state index contributed by atoms with van der Waals surface area (Å²) in [5.41, 5.74) is 1.60. The molecule has 0 saturated carbocycles. The van der Waals surface area contributed by atoms with Gasteiger partial charge in [-0.3, -0.25) is 9.97 Å². The van der Waals surface area contributed by atoms with Gasteiger partial charge in [-0.15, -0.1) is 0 Å². The van der Waals surface area contributed by atoms with Gasteiger partial charge in [-0.2, -0.15) is 0 Å². The number of fused-ring (bicyclic) bond motifs is 3. The Balaban J connectivity index is 0.000000187. The van der Waals surface area contributed by atoms with Crippen LogP contribution in [-0.2, 0) is 17.1 Å². The molecule has 2 heterocycles. The van der Waals surface area contributed by atoms with Gasteiger partial charge in [-0.1, -0.05) is 48.5 Å². The number of aromatic carboxylic acids is 2.